The molecule has 2 heteroatoms. The fraction of sp³-hybridized carbons (Fsp3) is 0.500. The Bertz CT molecular complexity index is 78.6. The molecular weight excluding hydrogens is 120 g/mol. The second-order valence-electron chi connectivity index (χ2n) is 1.28. The molecule has 0 radical (unpaired) electrons. The number of hydrogen-bond donors (Lipinski definition) is 0. The lowest BCUT2D eigenvalue weighted by molar-refractivity contribution is -0.105. The van der Waals surface area contributed by atoms with Crippen LogP contribution < -0.4 is 0 Å². The second kappa shape index (κ2) is 6.76. The lowest BCUT2D eigenvalue weighted by atomic mass is 10.5. The van der Waals surface area contributed by atoms with Crippen LogP contribution in [-0.2, 0) is 4.79 Å². The van der Waals surface area contributed by atoms with Crippen molar-refractivity contribution in [3.63, 3.8) is 0 Å². The van der Waals surface area contributed by atoms with Crippen molar-refractivity contribution in [3.8, 4) is 0 Å². The van der Waals surface area contributed by atoms with Crippen molar-refractivity contribution in [3.05, 3.63) is 11.5 Å². The predicted molar refractivity (Wildman–Crippen MR) is 38.0 cm³/mol. The lowest BCUT2D eigenvalue weighted by Gasteiger charge is -1.79. The first-order chi connectivity index (χ1) is 3.91. The molecule has 0 atom stereocenters. The number of carbonyl (C=O) groups excluding carboxylic acids is 1. The minimum atomic E-state index is 0.580. The highest BCUT2D eigenvalue weighted by Gasteiger charge is 1.74. The molecule has 0 unspecified atom stereocenters. The van der Waals surface area contributed by atoms with E-state index in [4.69, 9.17) is 0 Å². The summed E-state index contributed by atoms with van der Waals surface area (Å²) < 4.78 is 0. The molecule has 0 rings (SSSR count). The molecule has 0 aliphatic carbocycles. The summed E-state index contributed by atoms with van der Waals surface area (Å²) in [5, 5.41) is 1.95. The third-order valence-corrected chi connectivity index (χ3v) is 1.31. The average molecular weight is 130 g/mol. The third kappa shape index (κ3) is 5.76. The Labute approximate surface area is 54.2 Å². The largest absolute Gasteiger partial charge is 0.302 e. The van der Waals surface area contributed by atoms with Gasteiger partial charge in [-0.3, -0.25) is 0 Å². The van der Waals surface area contributed by atoms with Gasteiger partial charge in [0, 0.05) is 0 Å². The summed E-state index contributed by atoms with van der Waals surface area (Å²) in [5.74, 6) is 0.580. The molecule has 0 aliphatic rings. The highest BCUT2D eigenvalue weighted by atomic mass is 32.2. The van der Waals surface area contributed by atoms with E-state index in [1.54, 1.807) is 0 Å². The third-order valence-electron chi connectivity index (χ3n) is 0.592. The van der Waals surface area contributed by atoms with Crippen molar-refractivity contribution >= 4 is 18.0 Å². The van der Waals surface area contributed by atoms with Gasteiger partial charge in [-0.05, 0) is 11.8 Å². The summed E-state index contributed by atoms with van der Waals surface area (Å²) in [5.41, 5.74) is 0. The summed E-state index contributed by atoms with van der Waals surface area (Å²) in [7, 11) is 0. The summed E-state index contributed by atoms with van der Waals surface area (Å²) in [6, 6.07) is 0. The summed E-state index contributed by atoms with van der Waals surface area (Å²) in [6.45, 7) is 2.07. The Balaban J connectivity index is 2.90. The van der Waals surface area contributed by atoms with Gasteiger partial charge < -0.3 is 4.79 Å². The normalized spacial score (nSPS) is 10.1. The number of allylic oxidation sites excluding steroid dienone is 1. The van der Waals surface area contributed by atoms with Crippen LogP contribution in [0.5, 0.6) is 0 Å². The van der Waals surface area contributed by atoms with Gasteiger partial charge in [-0.1, -0.05) is 13.0 Å². The van der Waals surface area contributed by atoms with E-state index in [1.165, 1.54) is 11.8 Å². The Morgan fingerprint density at radius 2 is 2.38 bits per heavy atom. The van der Waals surface area contributed by atoms with Gasteiger partial charge in [0.25, 0.3) is 0 Å². The number of thioether (sulfide) groups is 1. The Morgan fingerprint density at radius 1 is 1.62 bits per heavy atom. The lowest BCUT2D eigenvalue weighted by Crippen LogP contribution is -1.71. The number of hydrogen-bond acceptors (Lipinski definition) is 2. The molecule has 46 valence electrons. The number of rotatable bonds is 4. The van der Waals surface area contributed by atoms with E-state index in [1.807, 2.05) is 11.5 Å². The van der Waals surface area contributed by atoms with Crippen molar-refractivity contribution in [2.45, 2.75) is 13.3 Å². The first kappa shape index (κ1) is 7.76. The van der Waals surface area contributed by atoms with Crippen LogP contribution in [0, 0.1) is 0 Å². The molecule has 0 aliphatic heterocycles. The first-order valence-electron chi connectivity index (χ1n) is 2.62. The molecular formula is C6H10OS. The van der Waals surface area contributed by atoms with Crippen LogP contribution in [-0.4, -0.2) is 12.0 Å². The van der Waals surface area contributed by atoms with Crippen LogP contribution >= 0.6 is 11.8 Å². The second-order valence-corrected chi connectivity index (χ2v) is 2.22. The zero-order chi connectivity index (χ0) is 6.24. The molecule has 1 nitrogen and oxygen atoms in total. The van der Waals surface area contributed by atoms with Crippen LogP contribution in [0.15, 0.2) is 11.5 Å². The number of aldehydes is 1. The molecule has 0 aromatic heterocycles. The Kier molecular flexibility index (Phi) is 6.56. The molecule has 8 heavy (non-hydrogen) atoms. The van der Waals surface area contributed by atoms with Crippen molar-refractivity contribution in [1.82, 2.24) is 0 Å². The van der Waals surface area contributed by atoms with Gasteiger partial charge in [0.2, 0.25) is 0 Å². The molecule has 0 fully saturated rings. The maximum atomic E-state index is 9.71. The van der Waals surface area contributed by atoms with Gasteiger partial charge in [-0.25, -0.2) is 0 Å². The standard InChI is InChI=1S/C6H10OS/c1-2-3-5-8-6-4-7/h3-5H,2,6H2,1H3/b5-3+. The van der Waals surface area contributed by atoms with Crippen LogP contribution in [0.1, 0.15) is 13.3 Å². The van der Waals surface area contributed by atoms with Crippen LogP contribution in [0.3, 0.4) is 0 Å². The Morgan fingerprint density at radius 3 is 2.88 bits per heavy atom. The van der Waals surface area contributed by atoms with Crippen molar-refractivity contribution < 1.29 is 4.79 Å². The van der Waals surface area contributed by atoms with Crippen molar-refractivity contribution in [2.24, 2.45) is 0 Å². The van der Waals surface area contributed by atoms with Crippen molar-refractivity contribution in [1.29, 1.82) is 0 Å². The maximum Gasteiger partial charge on any atom is 0.130 e. The number of carbonyl (C=O) groups is 1. The molecule has 0 saturated carbocycles. The zero-order valence-electron chi connectivity index (χ0n) is 4.96. The quantitative estimate of drug-likeness (QED) is 0.426. The molecule has 0 aromatic carbocycles. The molecule has 0 heterocycles. The molecule has 0 bridgehead atoms. The summed E-state index contributed by atoms with van der Waals surface area (Å²) in [6.07, 6.45) is 3.99. The van der Waals surface area contributed by atoms with E-state index in [2.05, 4.69) is 6.92 Å². The highest BCUT2D eigenvalue weighted by molar-refractivity contribution is 8.02. The summed E-state index contributed by atoms with van der Waals surface area (Å²) in [4.78, 5) is 9.71. The van der Waals surface area contributed by atoms with Crippen molar-refractivity contribution in [2.75, 3.05) is 5.75 Å². The van der Waals surface area contributed by atoms with Crippen LogP contribution in [0.2, 0.25) is 0 Å². The topological polar surface area (TPSA) is 17.1 Å². The fourth-order valence-electron chi connectivity index (χ4n) is 0.259. The SMILES string of the molecule is CC/C=C/SCC=O. The molecule has 0 saturated heterocycles. The zero-order valence-corrected chi connectivity index (χ0v) is 5.78. The van der Waals surface area contributed by atoms with Gasteiger partial charge in [0.15, 0.2) is 0 Å². The minimum Gasteiger partial charge on any atom is -0.302 e. The van der Waals surface area contributed by atoms with Crippen LogP contribution in [0.4, 0.5) is 0 Å². The van der Waals surface area contributed by atoms with Gasteiger partial charge >= 0.3 is 0 Å². The maximum absolute atomic E-state index is 9.71. The van der Waals surface area contributed by atoms with Gasteiger partial charge in [0.05, 0.1) is 5.75 Å². The van der Waals surface area contributed by atoms with E-state index >= 15 is 0 Å². The monoisotopic (exact) mass is 130 g/mol. The average Bonchev–Trinajstić information content (AvgIpc) is 1.81. The van der Waals surface area contributed by atoms with E-state index < -0.39 is 0 Å². The van der Waals surface area contributed by atoms with E-state index in [-0.39, 0.29) is 0 Å². The van der Waals surface area contributed by atoms with E-state index in [9.17, 15) is 4.79 Å². The predicted octanol–water partition coefficient (Wildman–Crippen LogP) is 1.84. The first-order valence-corrected chi connectivity index (χ1v) is 3.67. The molecule has 0 N–H and O–H groups in total. The highest BCUT2D eigenvalue weighted by Crippen LogP contribution is 1.98. The minimum absolute atomic E-state index is 0.580. The fourth-order valence-corrected chi connectivity index (χ4v) is 0.777. The van der Waals surface area contributed by atoms with E-state index in [0.717, 1.165) is 12.7 Å². The van der Waals surface area contributed by atoms with Crippen LogP contribution in [0.25, 0.3) is 0 Å². The smallest absolute Gasteiger partial charge is 0.130 e. The van der Waals surface area contributed by atoms with Gasteiger partial charge in [-0.2, -0.15) is 0 Å². The summed E-state index contributed by atoms with van der Waals surface area (Å²) >= 11 is 1.53. The van der Waals surface area contributed by atoms with Gasteiger partial charge in [-0.15, -0.1) is 11.8 Å². The van der Waals surface area contributed by atoms with E-state index in [0.29, 0.717) is 5.75 Å². The Hall–Kier alpha value is -0.240. The molecule has 0 spiro atoms. The molecule has 0 amide bonds. The van der Waals surface area contributed by atoms with Gasteiger partial charge in [0.1, 0.15) is 6.29 Å². The molecule has 0 aromatic rings.